The minimum Gasteiger partial charge on any atom is -0.486 e. The topological polar surface area (TPSA) is 67.9 Å². The lowest BCUT2D eigenvalue weighted by atomic mass is 9.99. The molecule has 1 saturated carbocycles. The van der Waals surface area contributed by atoms with Crippen LogP contribution >= 0.6 is 0 Å². The van der Waals surface area contributed by atoms with Gasteiger partial charge in [0.1, 0.15) is 13.2 Å². The fraction of sp³-hybridized carbons (Fsp3) is 0.600. The maximum absolute atomic E-state index is 12.8. The van der Waals surface area contributed by atoms with Gasteiger partial charge in [-0.1, -0.05) is 6.92 Å². The summed E-state index contributed by atoms with van der Waals surface area (Å²) in [7, 11) is 0. The predicted octanol–water partition coefficient (Wildman–Crippen LogP) is 2.82. The first-order valence-electron chi connectivity index (χ1n) is 9.68. The fourth-order valence-corrected chi connectivity index (χ4v) is 4.04. The highest BCUT2D eigenvalue weighted by Crippen LogP contribution is 2.42. The van der Waals surface area contributed by atoms with E-state index in [1.807, 2.05) is 11.0 Å². The largest absolute Gasteiger partial charge is 0.486 e. The number of carbonyl (C=O) groups is 2. The van der Waals surface area contributed by atoms with E-state index in [1.165, 1.54) is 6.42 Å². The van der Waals surface area contributed by atoms with E-state index in [4.69, 9.17) is 9.47 Å². The third-order valence-electron chi connectivity index (χ3n) is 5.64. The molecule has 6 heteroatoms. The van der Waals surface area contributed by atoms with Crippen molar-refractivity contribution in [1.29, 1.82) is 0 Å². The van der Waals surface area contributed by atoms with Gasteiger partial charge in [0.05, 0.1) is 11.8 Å². The molecule has 1 N–H and O–H groups in total. The molecule has 1 aliphatic carbocycles. The van der Waals surface area contributed by atoms with Crippen LogP contribution in [0.1, 0.15) is 39.0 Å². The number of nitrogens with zero attached hydrogens (tertiary/aromatic N) is 1. The van der Waals surface area contributed by atoms with Gasteiger partial charge in [-0.25, -0.2) is 0 Å². The quantitative estimate of drug-likeness (QED) is 0.899. The minimum absolute atomic E-state index is 0.0786. The highest BCUT2D eigenvalue weighted by molar-refractivity contribution is 5.99. The minimum atomic E-state index is -0.213. The average Bonchev–Trinajstić information content (AvgIpc) is 3.48. The maximum Gasteiger partial charge on any atom is 0.228 e. The normalized spacial score (nSPS) is 27.0. The van der Waals surface area contributed by atoms with Gasteiger partial charge in [0.2, 0.25) is 11.8 Å². The molecule has 0 radical (unpaired) electrons. The molecule has 3 aliphatic rings. The van der Waals surface area contributed by atoms with E-state index in [2.05, 4.69) is 12.2 Å². The average molecular weight is 358 g/mol. The Balaban J connectivity index is 1.36. The molecule has 2 amide bonds. The second kappa shape index (κ2) is 7.17. The van der Waals surface area contributed by atoms with Crippen LogP contribution in [0.15, 0.2) is 18.2 Å². The molecule has 0 spiro atoms. The van der Waals surface area contributed by atoms with Crippen molar-refractivity contribution in [2.45, 2.75) is 45.1 Å². The van der Waals surface area contributed by atoms with Crippen LogP contribution in [-0.2, 0) is 9.59 Å². The number of ether oxygens (including phenoxy) is 2. The van der Waals surface area contributed by atoms with E-state index in [-0.39, 0.29) is 23.7 Å². The highest BCUT2D eigenvalue weighted by atomic mass is 16.6. The molecule has 3 atom stereocenters. The molecule has 2 fully saturated rings. The molecule has 0 aromatic heterocycles. The molecule has 4 rings (SSSR count). The van der Waals surface area contributed by atoms with Gasteiger partial charge in [0.15, 0.2) is 11.5 Å². The van der Waals surface area contributed by atoms with Gasteiger partial charge < -0.3 is 19.7 Å². The standard InChI is InChI=1S/C20H26N2O4/c1-2-14-5-3-4-8-22(14)20(24)16-12-15(16)19(23)21-13-6-7-17-18(11-13)26-10-9-25-17/h6-7,11,14-16H,2-5,8-10,12H2,1H3,(H,21,23). The zero-order chi connectivity index (χ0) is 18.1. The van der Waals surface area contributed by atoms with Crippen LogP contribution in [0.2, 0.25) is 0 Å². The van der Waals surface area contributed by atoms with Gasteiger partial charge in [-0.15, -0.1) is 0 Å². The van der Waals surface area contributed by atoms with Crippen molar-refractivity contribution in [3.05, 3.63) is 18.2 Å². The van der Waals surface area contributed by atoms with Crippen LogP contribution in [0.25, 0.3) is 0 Å². The Bertz CT molecular complexity index is 705. The van der Waals surface area contributed by atoms with Gasteiger partial charge in [0, 0.05) is 24.3 Å². The molecule has 140 valence electrons. The second-order valence-corrected chi connectivity index (χ2v) is 7.39. The van der Waals surface area contributed by atoms with Crippen LogP contribution in [0.4, 0.5) is 5.69 Å². The Labute approximate surface area is 153 Å². The van der Waals surface area contributed by atoms with Crippen LogP contribution in [0, 0.1) is 11.8 Å². The number of rotatable bonds is 4. The predicted molar refractivity (Wildman–Crippen MR) is 97.3 cm³/mol. The third-order valence-corrected chi connectivity index (χ3v) is 5.64. The van der Waals surface area contributed by atoms with Crippen molar-refractivity contribution in [2.24, 2.45) is 11.8 Å². The number of nitrogens with one attached hydrogen (secondary N) is 1. The van der Waals surface area contributed by atoms with E-state index in [0.717, 1.165) is 25.8 Å². The number of likely N-dealkylation sites (tertiary alicyclic amines) is 1. The van der Waals surface area contributed by atoms with E-state index < -0.39 is 0 Å². The second-order valence-electron chi connectivity index (χ2n) is 7.39. The van der Waals surface area contributed by atoms with Crippen molar-refractivity contribution in [1.82, 2.24) is 4.90 Å². The van der Waals surface area contributed by atoms with Crippen LogP contribution in [0.3, 0.4) is 0 Å². The number of carbonyl (C=O) groups excluding carboxylic acids is 2. The molecule has 1 saturated heterocycles. The molecule has 26 heavy (non-hydrogen) atoms. The van der Waals surface area contributed by atoms with Gasteiger partial charge in [-0.2, -0.15) is 0 Å². The van der Waals surface area contributed by atoms with Crippen molar-refractivity contribution in [3.63, 3.8) is 0 Å². The Morgan fingerprint density at radius 3 is 2.77 bits per heavy atom. The molecule has 2 heterocycles. The SMILES string of the molecule is CCC1CCCCN1C(=O)C1CC1C(=O)Nc1ccc2c(c1)OCCO2. The van der Waals surface area contributed by atoms with Crippen molar-refractivity contribution in [2.75, 3.05) is 25.1 Å². The molecule has 3 unspecified atom stereocenters. The summed E-state index contributed by atoms with van der Waals surface area (Å²) in [4.78, 5) is 27.4. The van der Waals surface area contributed by atoms with Gasteiger partial charge >= 0.3 is 0 Å². The zero-order valence-electron chi connectivity index (χ0n) is 15.2. The number of hydrogen-bond donors (Lipinski definition) is 1. The van der Waals surface area contributed by atoms with E-state index in [1.54, 1.807) is 12.1 Å². The summed E-state index contributed by atoms with van der Waals surface area (Å²) in [6.45, 7) is 4.03. The number of anilines is 1. The highest BCUT2D eigenvalue weighted by Gasteiger charge is 2.50. The first-order valence-corrected chi connectivity index (χ1v) is 9.68. The Kier molecular flexibility index (Phi) is 4.74. The van der Waals surface area contributed by atoms with E-state index >= 15 is 0 Å². The van der Waals surface area contributed by atoms with Gasteiger partial charge in [-0.05, 0) is 44.2 Å². The lowest BCUT2D eigenvalue weighted by molar-refractivity contribution is -0.137. The lowest BCUT2D eigenvalue weighted by Gasteiger charge is -2.35. The Morgan fingerprint density at radius 2 is 1.96 bits per heavy atom. The molecular formula is C20H26N2O4. The molecule has 2 aliphatic heterocycles. The van der Waals surface area contributed by atoms with Crippen molar-refractivity contribution in [3.8, 4) is 11.5 Å². The zero-order valence-corrected chi connectivity index (χ0v) is 15.2. The summed E-state index contributed by atoms with van der Waals surface area (Å²) in [5.41, 5.74) is 0.682. The first kappa shape index (κ1) is 17.2. The molecule has 1 aromatic rings. The van der Waals surface area contributed by atoms with Crippen LogP contribution in [-0.4, -0.2) is 42.5 Å². The lowest BCUT2D eigenvalue weighted by Crippen LogP contribution is -2.44. The Morgan fingerprint density at radius 1 is 1.15 bits per heavy atom. The van der Waals surface area contributed by atoms with Crippen LogP contribution < -0.4 is 14.8 Å². The van der Waals surface area contributed by atoms with Crippen molar-refractivity contribution >= 4 is 17.5 Å². The monoisotopic (exact) mass is 358 g/mol. The van der Waals surface area contributed by atoms with E-state index in [9.17, 15) is 9.59 Å². The summed E-state index contributed by atoms with van der Waals surface area (Å²) >= 11 is 0. The summed E-state index contributed by atoms with van der Waals surface area (Å²) in [6, 6.07) is 5.74. The first-order chi connectivity index (χ1) is 12.7. The summed E-state index contributed by atoms with van der Waals surface area (Å²) in [5.74, 6) is 1.07. The molecular weight excluding hydrogens is 332 g/mol. The maximum atomic E-state index is 12.8. The smallest absolute Gasteiger partial charge is 0.228 e. The van der Waals surface area contributed by atoms with Crippen molar-refractivity contribution < 1.29 is 19.1 Å². The molecule has 6 nitrogen and oxygen atoms in total. The fourth-order valence-electron chi connectivity index (χ4n) is 4.04. The van der Waals surface area contributed by atoms with Gasteiger partial charge in [0.25, 0.3) is 0 Å². The third kappa shape index (κ3) is 3.37. The number of amides is 2. The number of benzene rings is 1. The number of hydrogen-bond acceptors (Lipinski definition) is 4. The van der Waals surface area contributed by atoms with Crippen LogP contribution in [0.5, 0.6) is 11.5 Å². The summed E-state index contributed by atoms with van der Waals surface area (Å²) in [5, 5.41) is 2.92. The number of fused-ring (bicyclic) bond motifs is 1. The molecule has 1 aromatic carbocycles. The number of piperidine rings is 1. The Hall–Kier alpha value is -2.24. The van der Waals surface area contributed by atoms with E-state index in [0.29, 0.717) is 42.9 Å². The van der Waals surface area contributed by atoms with Gasteiger partial charge in [-0.3, -0.25) is 9.59 Å². The summed E-state index contributed by atoms with van der Waals surface area (Å²) in [6.07, 6.45) is 5.00. The molecule has 0 bridgehead atoms. The summed E-state index contributed by atoms with van der Waals surface area (Å²) < 4.78 is 11.0.